The van der Waals surface area contributed by atoms with Crippen LogP contribution in [0.4, 0.5) is 5.82 Å². The van der Waals surface area contributed by atoms with Gasteiger partial charge in [0.15, 0.2) is 17.8 Å². The van der Waals surface area contributed by atoms with Crippen molar-refractivity contribution in [2.75, 3.05) is 38.6 Å². The topological polar surface area (TPSA) is 207 Å². The number of aromatic nitrogens is 2. The number of ether oxygens (including phenoxy) is 3. The molecule has 0 spiro atoms. The zero-order chi connectivity index (χ0) is 43.8. The van der Waals surface area contributed by atoms with Gasteiger partial charge in [-0.1, -0.05) is 30.0 Å². The minimum Gasteiger partial charge on any atom is -0.493 e. The van der Waals surface area contributed by atoms with Crippen LogP contribution in [0.5, 0.6) is 11.5 Å². The van der Waals surface area contributed by atoms with Gasteiger partial charge in [-0.05, 0) is 88.3 Å². The van der Waals surface area contributed by atoms with Gasteiger partial charge in [0.2, 0.25) is 17.7 Å². The number of unbranched alkanes of at least 4 members (excludes halogenated alkanes) is 2. The molecule has 2 saturated heterocycles. The molecule has 3 aliphatic heterocycles. The van der Waals surface area contributed by atoms with E-state index in [4.69, 9.17) is 24.9 Å². The lowest BCUT2D eigenvalue weighted by atomic mass is 9.97. The Morgan fingerprint density at radius 1 is 0.968 bits per heavy atom. The quantitative estimate of drug-likeness (QED) is 0.0660. The number of carbonyl (C=O) groups excluding carboxylic acids is 4. The molecule has 5 heterocycles. The maximum atomic E-state index is 13.1. The van der Waals surface area contributed by atoms with E-state index < -0.39 is 35.6 Å². The van der Waals surface area contributed by atoms with Crippen molar-refractivity contribution < 1.29 is 43.6 Å². The Kier molecular flexibility index (Phi) is 14.2. The molecule has 15 nitrogen and oxygen atoms in total. The number of fused-ring (bicyclic) bond motifs is 1. The molecule has 2 atom stereocenters. The van der Waals surface area contributed by atoms with Crippen LogP contribution < -0.4 is 20.5 Å². The summed E-state index contributed by atoms with van der Waals surface area (Å²) in [4.78, 5) is 63.2. The summed E-state index contributed by atoms with van der Waals surface area (Å²) < 4.78 is 17.8. The molecule has 0 bridgehead atoms. The van der Waals surface area contributed by atoms with E-state index in [1.165, 1.54) is 0 Å². The molecule has 2 aromatic carbocycles. The van der Waals surface area contributed by atoms with E-state index in [-0.39, 0.29) is 36.8 Å². The van der Waals surface area contributed by atoms with Crippen molar-refractivity contribution in [1.29, 1.82) is 0 Å². The standard InChI is InChI=1S/C46H52N6O9S/c1-46(2,58)18-14-29-8-6-9-30(24-29)28-61-36-25-32(26-48-41(36)47)37-27-49-43(62-37)31-15-19-51(20-16-31)39(54)17-23-59-21-4-3-5-22-60-35-11-7-10-33-40(35)45(57)52(44(33)56)34-12-13-38(53)50-42(34)55/h6-11,24-27,31,34,45,57-58H,3-5,12-13,15-17,19-23,28H2,1-2H3,(H2,47,48)(H,50,53,55). The van der Waals surface area contributed by atoms with Gasteiger partial charge in [0.1, 0.15) is 24.0 Å². The molecule has 3 aliphatic rings. The first-order valence-corrected chi connectivity index (χ1v) is 21.8. The van der Waals surface area contributed by atoms with Crippen molar-refractivity contribution in [2.45, 2.75) is 95.6 Å². The molecule has 326 valence electrons. The van der Waals surface area contributed by atoms with Crippen molar-refractivity contribution in [1.82, 2.24) is 25.1 Å². The van der Waals surface area contributed by atoms with E-state index >= 15 is 0 Å². The first-order chi connectivity index (χ1) is 29.8. The SMILES string of the molecule is CC(C)(O)C#Cc1cccc(COc2cc(-c3cnc(C4CCN(C(=O)CCOCCCCCOc5cccc6c5C(O)N(C5CCC(=O)NC5=O)C6=O)CC4)s3)cnc2N)c1. The predicted octanol–water partition coefficient (Wildman–Crippen LogP) is 5.10. The average Bonchev–Trinajstić information content (AvgIpc) is 3.85. The van der Waals surface area contributed by atoms with Crippen LogP contribution in [-0.2, 0) is 25.7 Å². The maximum absolute atomic E-state index is 13.1. The van der Waals surface area contributed by atoms with Gasteiger partial charge in [-0.3, -0.25) is 29.4 Å². The third-order valence-corrected chi connectivity index (χ3v) is 12.2. The molecule has 4 aromatic rings. The number of hydrogen-bond acceptors (Lipinski definition) is 13. The molecule has 4 amide bonds. The number of nitrogens with one attached hydrogen (secondary N) is 1. The van der Waals surface area contributed by atoms with Crippen LogP contribution in [-0.4, -0.2) is 98.2 Å². The molecule has 0 saturated carbocycles. The van der Waals surface area contributed by atoms with E-state index in [0.29, 0.717) is 68.6 Å². The number of thiazole rings is 1. The second-order valence-electron chi connectivity index (χ2n) is 16.2. The summed E-state index contributed by atoms with van der Waals surface area (Å²) in [6.45, 7) is 6.11. The third kappa shape index (κ3) is 11.0. The van der Waals surface area contributed by atoms with E-state index in [0.717, 1.165) is 57.2 Å². The lowest BCUT2D eigenvalue weighted by Gasteiger charge is -2.32. The van der Waals surface area contributed by atoms with Crippen LogP contribution >= 0.6 is 11.3 Å². The van der Waals surface area contributed by atoms with Crippen LogP contribution in [0.25, 0.3) is 10.4 Å². The number of rotatable bonds is 16. The molecule has 0 aliphatic carbocycles. The molecule has 5 N–H and O–H groups in total. The summed E-state index contributed by atoms with van der Waals surface area (Å²) >= 11 is 1.62. The first-order valence-electron chi connectivity index (χ1n) is 21.0. The number of nitrogens with two attached hydrogens (primary N) is 1. The molecule has 2 fully saturated rings. The third-order valence-electron chi connectivity index (χ3n) is 11.0. The highest BCUT2D eigenvalue weighted by Crippen LogP contribution is 2.41. The van der Waals surface area contributed by atoms with Gasteiger partial charge < -0.3 is 35.1 Å². The Morgan fingerprint density at radius 3 is 2.55 bits per heavy atom. The van der Waals surface area contributed by atoms with E-state index in [1.54, 1.807) is 49.6 Å². The summed E-state index contributed by atoms with van der Waals surface area (Å²) in [6.07, 6.45) is 6.77. The van der Waals surface area contributed by atoms with Gasteiger partial charge in [-0.2, -0.15) is 0 Å². The summed E-state index contributed by atoms with van der Waals surface area (Å²) in [5.74, 6) is 5.84. The molecular formula is C46H52N6O9S. The number of amides is 4. The highest BCUT2D eigenvalue weighted by molar-refractivity contribution is 7.15. The molecule has 2 aromatic heterocycles. The lowest BCUT2D eigenvalue weighted by molar-refractivity contribution is -0.139. The van der Waals surface area contributed by atoms with Gasteiger partial charge in [-0.25, -0.2) is 9.97 Å². The highest BCUT2D eigenvalue weighted by Gasteiger charge is 2.45. The number of piperidine rings is 2. The second kappa shape index (κ2) is 19.9. The maximum Gasteiger partial charge on any atom is 0.257 e. The zero-order valence-corrected chi connectivity index (χ0v) is 35.7. The normalized spacial score (nSPS) is 18.0. The number of aliphatic hydroxyl groups is 2. The number of likely N-dealkylation sites (tertiary alicyclic amines) is 1. The number of benzene rings is 2. The number of aliphatic hydroxyl groups excluding tert-OH is 1. The molecular weight excluding hydrogens is 813 g/mol. The van der Waals surface area contributed by atoms with E-state index in [9.17, 15) is 29.4 Å². The Morgan fingerprint density at radius 2 is 1.76 bits per heavy atom. The van der Waals surface area contributed by atoms with E-state index in [1.807, 2.05) is 41.4 Å². The largest absolute Gasteiger partial charge is 0.493 e. The van der Waals surface area contributed by atoms with Gasteiger partial charge in [0.25, 0.3) is 5.91 Å². The zero-order valence-electron chi connectivity index (χ0n) is 34.9. The number of hydrogen-bond donors (Lipinski definition) is 4. The van der Waals surface area contributed by atoms with Crippen LogP contribution in [0.3, 0.4) is 0 Å². The second-order valence-corrected chi connectivity index (χ2v) is 17.2. The summed E-state index contributed by atoms with van der Waals surface area (Å²) in [5.41, 5.74) is 8.25. The molecule has 0 radical (unpaired) electrons. The average molecular weight is 865 g/mol. The van der Waals surface area contributed by atoms with Crippen LogP contribution in [0.1, 0.15) is 109 Å². The minimum absolute atomic E-state index is 0.0816. The summed E-state index contributed by atoms with van der Waals surface area (Å²) in [7, 11) is 0. The fraction of sp³-hybridized carbons (Fsp3) is 0.435. The number of anilines is 1. The lowest BCUT2D eigenvalue weighted by Crippen LogP contribution is -2.53. The van der Waals surface area contributed by atoms with Crippen LogP contribution in [0.2, 0.25) is 0 Å². The van der Waals surface area contributed by atoms with Crippen molar-refractivity contribution in [3.8, 4) is 33.8 Å². The Balaban J connectivity index is 0.783. The van der Waals surface area contributed by atoms with Crippen molar-refractivity contribution in [3.05, 3.63) is 88.2 Å². The van der Waals surface area contributed by atoms with Gasteiger partial charge in [-0.15, -0.1) is 11.3 Å². The highest BCUT2D eigenvalue weighted by atomic mass is 32.1. The van der Waals surface area contributed by atoms with Crippen molar-refractivity contribution in [2.24, 2.45) is 0 Å². The smallest absolute Gasteiger partial charge is 0.257 e. The number of nitrogen functional groups attached to an aromatic ring is 1. The van der Waals surface area contributed by atoms with Crippen LogP contribution in [0, 0.1) is 11.8 Å². The Labute approximate surface area is 364 Å². The number of imide groups is 1. The number of pyridine rings is 1. The van der Waals surface area contributed by atoms with Gasteiger partial charge in [0.05, 0.1) is 40.6 Å². The predicted molar refractivity (Wildman–Crippen MR) is 231 cm³/mol. The fourth-order valence-electron chi connectivity index (χ4n) is 7.67. The molecule has 7 rings (SSSR count). The monoisotopic (exact) mass is 864 g/mol. The number of nitrogens with zero attached hydrogens (tertiary/aromatic N) is 4. The van der Waals surface area contributed by atoms with E-state index in [2.05, 4.69) is 22.1 Å². The molecule has 62 heavy (non-hydrogen) atoms. The van der Waals surface area contributed by atoms with Crippen molar-refractivity contribution >= 4 is 40.8 Å². The van der Waals surface area contributed by atoms with Gasteiger partial charge >= 0.3 is 0 Å². The van der Waals surface area contributed by atoms with Crippen molar-refractivity contribution in [3.63, 3.8) is 0 Å². The fourth-order valence-corrected chi connectivity index (χ4v) is 8.74. The summed E-state index contributed by atoms with van der Waals surface area (Å²) in [6, 6.07) is 13.5. The first kappa shape index (κ1) is 44.2. The molecule has 2 unspecified atom stereocenters. The Hall–Kier alpha value is -5.86. The Bertz CT molecular complexity index is 2340. The molecule has 16 heteroatoms. The number of carbonyl (C=O) groups is 4. The van der Waals surface area contributed by atoms with Gasteiger partial charge in [0, 0.05) is 55.6 Å². The summed E-state index contributed by atoms with van der Waals surface area (Å²) in [5, 5.41) is 24.2. The van der Waals surface area contributed by atoms with Crippen LogP contribution in [0.15, 0.2) is 60.9 Å². The minimum atomic E-state index is -1.35.